The Morgan fingerprint density at radius 3 is 2.45 bits per heavy atom. The summed E-state index contributed by atoms with van der Waals surface area (Å²) in [4.78, 5) is 27.3. The Labute approximate surface area is 190 Å². The van der Waals surface area contributed by atoms with E-state index in [-0.39, 0.29) is 23.2 Å². The molecule has 0 spiro atoms. The SMILES string of the molecule is Cc1cc(/C(O)=C2/C(=O)C(=O)N(CCCOC(C)C)C2c2ccc(O)cc2)ccc1Br. The predicted molar refractivity (Wildman–Crippen MR) is 122 cm³/mol. The lowest BCUT2D eigenvalue weighted by molar-refractivity contribution is -0.140. The Hall–Kier alpha value is -2.64. The first-order chi connectivity index (χ1) is 14.7. The second-order valence-electron chi connectivity index (χ2n) is 7.82. The Kier molecular flexibility index (Phi) is 7.18. The topological polar surface area (TPSA) is 87.1 Å². The van der Waals surface area contributed by atoms with Crippen molar-refractivity contribution in [3.63, 3.8) is 0 Å². The molecule has 2 aromatic rings. The number of benzene rings is 2. The summed E-state index contributed by atoms with van der Waals surface area (Å²) in [5.74, 6) is -1.51. The minimum Gasteiger partial charge on any atom is -0.508 e. The molecule has 7 heteroatoms. The number of aliphatic hydroxyl groups is 1. The van der Waals surface area contributed by atoms with Crippen molar-refractivity contribution in [3.05, 3.63) is 69.2 Å². The number of ether oxygens (including phenoxy) is 1. The molecular weight excluding hydrogens is 462 g/mol. The van der Waals surface area contributed by atoms with Crippen molar-refractivity contribution in [2.45, 2.75) is 39.3 Å². The fourth-order valence-corrected chi connectivity index (χ4v) is 3.86. The summed E-state index contributed by atoms with van der Waals surface area (Å²) in [6, 6.07) is 10.8. The molecule has 6 nitrogen and oxygen atoms in total. The van der Waals surface area contributed by atoms with Gasteiger partial charge in [-0.15, -0.1) is 0 Å². The van der Waals surface area contributed by atoms with Gasteiger partial charge in [-0.25, -0.2) is 0 Å². The van der Waals surface area contributed by atoms with E-state index in [9.17, 15) is 19.8 Å². The molecule has 2 N–H and O–H groups in total. The summed E-state index contributed by atoms with van der Waals surface area (Å²) in [5.41, 5.74) is 2.04. The molecule has 1 saturated heterocycles. The number of likely N-dealkylation sites (tertiary alicyclic amines) is 1. The first-order valence-corrected chi connectivity index (χ1v) is 11.0. The number of amides is 1. The van der Waals surface area contributed by atoms with E-state index in [1.807, 2.05) is 20.8 Å². The van der Waals surface area contributed by atoms with Crippen LogP contribution in [0.15, 0.2) is 52.5 Å². The van der Waals surface area contributed by atoms with Crippen molar-refractivity contribution in [2.75, 3.05) is 13.2 Å². The molecular formula is C24H26BrNO5. The number of aliphatic hydroxyl groups excluding tert-OH is 1. The molecule has 0 bridgehead atoms. The van der Waals surface area contributed by atoms with Crippen LogP contribution in [0.1, 0.15) is 43.0 Å². The molecule has 164 valence electrons. The minimum atomic E-state index is -0.747. The van der Waals surface area contributed by atoms with Crippen molar-refractivity contribution >= 4 is 33.4 Å². The third-order valence-electron chi connectivity index (χ3n) is 5.17. The summed E-state index contributed by atoms with van der Waals surface area (Å²) in [7, 11) is 0. The number of ketones is 1. The normalized spacial score (nSPS) is 18.2. The van der Waals surface area contributed by atoms with Crippen LogP contribution in [0, 0.1) is 6.92 Å². The highest BCUT2D eigenvalue weighted by molar-refractivity contribution is 9.10. The van der Waals surface area contributed by atoms with Crippen LogP contribution in [0.2, 0.25) is 0 Å². The molecule has 0 radical (unpaired) electrons. The first-order valence-electron chi connectivity index (χ1n) is 10.2. The molecule has 1 atom stereocenters. The molecule has 1 unspecified atom stereocenters. The molecule has 1 aliphatic heterocycles. The maximum atomic E-state index is 13.0. The van der Waals surface area contributed by atoms with Gasteiger partial charge in [-0.3, -0.25) is 9.59 Å². The fraction of sp³-hybridized carbons (Fsp3) is 0.333. The van der Waals surface area contributed by atoms with Crippen LogP contribution in [-0.2, 0) is 14.3 Å². The fourth-order valence-electron chi connectivity index (χ4n) is 3.62. The Balaban J connectivity index is 2.04. The van der Waals surface area contributed by atoms with Crippen LogP contribution in [0.5, 0.6) is 5.75 Å². The number of hydrogen-bond donors (Lipinski definition) is 2. The van der Waals surface area contributed by atoms with Gasteiger partial charge >= 0.3 is 0 Å². The number of carbonyl (C=O) groups is 2. The van der Waals surface area contributed by atoms with E-state index in [1.165, 1.54) is 17.0 Å². The number of hydrogen-bond acceptors (Lipinski definition) is 5. The average molecular weight is 488 g/mol. The number of phenols is 1. The lowest BCUT2D eigenvalue weighted by Crippen LogP contribution is -2.31. The molecule has 1 heterocycles. The summed E-state index contributed by atoms with van der Waals surface area (Å²) < 4.78 is 6.45. The Morgan fingerprint density at radius 1 is 1.16 bits per heavy atom. The molecule has 2 aromatic carbocycles. The summed E-state index contributed by atoms with van der Waals surface area (Å²) in [6.45, 7) is 6.51. The van der Waals surface area contributed by atoms with Crippen LogP contribution in [0.4, 0.5) is 0 Å². The van der Waals surface area contributed by atoms with E-state index < -0.39 is 17.7 Å². The highest BCUT2D eigenvalue weighted by atomic mass is 79.9. The van der Waals surface area contributed by atoms with E-state index in [0.29, 0.717) is 30.7 Å². The quantitative estimate of drug-likeness (QED) is 0.255. The first kappa shape index (κ1) is 23.0. The predicted octanol–water partition coefficient (Wildman–Crippen LogP) is 4.70. The molecule has 31 heavy (non-hydrogen) atoms. The number of phenolic OH excluding ortho intramolecular Hbond substituents is 1. The Bertz CT molecular complexity index is 1010. The lowest BCUT2D eigenvalue weighted by atomic mass is 9.95. The second kappa shape index (κ2) is 9.66. The minimum absolute atomic E-state index is 0.0437. The lowest BCUT2D eigenvalue weighted by Gasteiger charge is -2.25. The maximum Gasteiger partial charge on any atom is 0.295 e. The van der Waals surface area contributed by atoms with Gasteiger partial charge in [0.25, 0.3) is 11.7 Å². The van der Waals surface area contributed by atoms with Gasteiger partial charge in [0.1, 0.15) is 11.5 Å². The number of Topliss-reactive ketones (excluding diaryl/α,β-unsaturated/α-hetero) is 1. The zero-order valence-corrected chi connectivity index (χ0v) is 19.3. The van der Waals surface area contributed by atoms with E-state index in [1.54, 1.807) is 30.3 Å². The van der Waals surface area contributed by atoms with Gasteiger partial charge in [0.2, 0.25) is 0 Å². The van der Waals surface area contributed by atoms with Crippen LogP contribution >= 0.6 is 15.9 Å². The summed E-state index contributed by atoms with van der Waals surface area (Å²) in [6.07, 6.45) is 0.626. The van der Waals surface area contributed by atoms with Gasteiger partial charge in [-0.2, -0.15) is 0 Å². The monoisotopic (exact) mass is 487 g/mol. The van der Waals surface area contributed by atoms with E-state index in [2.05, 4.69) is 15.9 Å². The zero-order chi connectivity index (χ0) is 22.7. The molecule has 0 aliphatic carbocycles. The number of halogens is 1. The number of carbonyl (C=O) groups excluding carboxylic acids is 2. The van der Waals surface area contributed by atoms with E-state index >= 15 is 0 Å². The standard InChI is InChI=1S/C24H26BrNO5/c1-14(2)31-12-4-11-26-21(16-5-8-18(27)9-6-16)20(23(29)24(26)30)22(28)17-7-10-19(25)15(3)13-17/h5-10,13-14,21,27-28H,4,11-12H2,1-3H3/b22-20-. The van der Waals surface area contributed by atoms with Crippen molar-refractivity contribution in [1.82, 2.24) is 4.90 Å². The number of nitrogens with zero attached hydrogens (tertiary/aromatic N) is 1. The maximum absolute atomic E-state index is 13.0. The second-order valence-corrected chi connectivity index (χ2v) is 8.68. The van der Waals surface area contributed by atoms with E-state index in [4.69, 9.17) is 4.74 Å². The van der Waals surface area contributed by atoms with E-state index in [0.717, 1.165) is 10.0 Å². The molecule has 1 fully saturated rings. The van der Waals surface area contributed by atoms with Gasteiger partial charge in [0.05, 0.1) is 17.7 Å². The van der Waals surface area contributed by atoms with Gasteiger partial charge in [-0.1, -0.05) is 34.1 Å². The highest BCUT2D eigenvalue weighted by Crippen LogP contribution is 2.40. The van der Waals surface area contributed by atoms with Crippen LogP contribution in [0.3, 0.4) is 0 Å². The molecule has 1 amide bonds. The van der Waals surface area contributed by atoms with Gasteiger partial charge in [-0.05, 0) is 62.6 Å². The van der Waals surface area contributed by atoms with Crippen molar-refractivity contribution in [2.24, 2.45) is 0 Å². The molecule has 0 aromatic heterocycles. The molecule has 3 rings (SSSR count). The Morgan fingerprint density at radius 2 is 1.84 bits per heavy atom. The molecule has 0 saturated carbocycles. The van der Waals surface area contributed by atoms with Crippen molar-refractivity contribution < 1.29 is 24.5 Å². The molecule has 1 aliphatic rings. The number of aryl methyl sites for hydroxylation is 1. The van der Waals surface area contributed by atoms with Gasteiger partial charge in [0.15, 0.2) is 0 Å². The van der Waals surface area contributed by atoms with Gasteiger partial charge < -0.3 is 19.8 Å². The third kappa shape index (κ3) is 4.99. The van der Waals surface area contributed by atoms with Crippen molar-refractivity contribution in [1.29, 1.82) is 0 Å². The van der Waals surface area contributed by atoms with Crippen molar-refractivity contribution in [3.8, 4) is 5.75 Å². The number of aromatic hydroxyl groups is 1. The smallest absolute Gasteiger partial charge is 0.295 e. The largest absolute Gasteiger partial charge is 0.508 e. The van der Waals surface area contributed by atoms with Gasteiger partial charge in [0, 0.05) is 23.2 Å². The summed E-state index contributed by atoms with van der Waals surface area (Å²) in [5, 5.41) is 20.7. The van der Waals surface area contributed by atoms with Crippen LogP contribution < -0.4 is 0 Å². The zero-order valence-electron chi connectivity index (χ0n) is 17.8. The van der Waals surface area contributed by atoms with Crippen LogP contribution in [0.25, 0.3) is 5.76 Å². The average Bonchev–Trinajstić information content (AvgIpc) is 2.98. The highest BCUT2D eigenvalue weighted by Gasteiger charge is 2.45. The van der Waals surface area contributed by atoms with Crippen LogP contribution in [-0.4, -0.2) is 46.1 Å². The number of rotatable bonds is 7. The third-order valence-corrected chi connectivity index (χ3v) is 6.06. The summed E-state index contributed by atoms with van der Waals surface area (Å²) >= 11 is 3.43.